The van der Waals surface area contributed by atoms with Gasteiger partial charge in [-0.05, 0) is 32.4 Å². The summed E-state index contributed by atoms with van der Waals surface area (Å²) in [5, 5.41) is 8.13. The van der Waals surface area contributed by atoms with Crippen molar-refractivity contribution in [3.63, 3.8) is 0 Å². The Balaban J connectivity index is 1.91. The summed E-state index contributed by atoms with van der Waals surface area (Å²) in [7, 11) is 0. The van der Waals surface area contributed by atoms with Gasteiger partial charge in [-0.3, -0.25) is 0 Å². The van der Waals surface area contributed by atoms with Crippen LogP contribution in [0.5, 0.6) is 0 Å². The fraction of sp³-hybridized carbons (Fsp3) is 0.500. The smallest absolute Gasteiger partial charge is 0.0645 e. The Morgan fingerprint density at radius 1 is 1.14 bits per heavy atom. The third-order valence-electron chi connectivity index (χ3n) is 3.90. The summed E-state index contributed by atoms with van der Waals surface area (Å²) in [6.45, 7) is 6.73. The summed E-state index contributed by atoms with van der Waals surface area (Å²) >= 11 is 0. The lowest BCUT2D eigenvalue weighted by molar-refractivity contribution is 0.440. The molecule has 1 heterocycles. The number of unbranched alkanes of at least 4 members (excludes halogenated alkanes) is 2. The van der Waals surface area contributed by atoms with E-state index in [4.69, 9.17) is 0 Å². The summed E-state index contributed by atoms with van der Waals surface area (Å²) in [5.41, 5.74) is 2.34. The molecule has 3 nitrogen and oxygen atoms in total. The van der Waals surface area contributed by atoms with Crippen LogP contribution in [0.4, 0.5) is 0 Å². The summed E-state index contributed by atoms with van der Waals surface area (Å²) in [5.74, 6) is 0. The minimum atomic E-state index is 0.332. The number of nitrogens with zero attached hydrogens (tertiary/aromatic N) is 2. The molecule has 2 atom stereocenters. The molecule has 1 N–H and O–H groups in total. The fourth-order valence-corrected chi connectivity index (χ4v) is 2.59. The van der Waals surface area contributed by atoms with Crippen LogP contribution in [0.15, 0.2) is 42.7 Å². The van der Waals surface area contributed by atoms with Crippen LogP contribution in [-0.2, 0) is 0 Å². The average molecular weight is 285 g/mol. The van der Waals surface area contributed by atoms with Crippen molar-refractivity contribution in [1.29, 1.82) is 0 Å². The van der Waals surface area contributed by atoms with Crippen LogP contribution >= 0.6 is 0 Å². The Labute approximate surface area is 128 Å². The zero-order valence-electron chi connectivity index (χ0n) is 13.4. The molecule has 0 saturated heterocycles. The molecular formula is C18H27N3. The van der Waals surface area contributed by atoms with E-state index in [9.17, 15) is 0 Å². The van der Waals surface area contributed by atoms with Crippen LogP contribution in [0.1, 0.15) is 58.1 Å². The van der Waals surface area contributed by atoms with Gasteiger partial charge in [0.2, 0.25) is 0 Å². The molecule has 0 aliphatic heterocycles. The standard InChI is InChI=1S/C18H27N3/c1-4-5-7-10-15(2)20-16(3)17-13-19-21(14-17)18-11-8-6-9-12-18/h6,8-9,11-16,20H,4-5,7,10H2,1-3H3. The van der Waals surface area contributed by atoms with E-state index in [2.05, 4.69) is 49.5 Å². The van der Waals surface area contributed by atoms with E-state index in [1.54, 1.807) is 0 Å². The molecule has 21 heavy (non-hydrogen) atoms. The van der Waals surface area contributed by atoms with E-state index >= 15 is 0 Å². The molecule has 3 heteroatoms. The van der Waals surface area contributed by atoms with Crippen LogP contribution in [0, 0.1) is 0 Å². The first-order valence-corrected chi connectivity index (χ1v) is 8.06. The van der Waals surface area contributed by atoms with E-state index in [-0.39, 0.29) is 0 Å². The highest BCUT2D eigenvalue weighted by Crippen LogP contribution is 2.16. The second kappa shape index (κ2) is 7.99. The molecule has 0 saturated carbocycles. The van der Waals surface area contributed by atoms with Gasteiger partial charge in [-0.2, -0.15) is 5.10 Å². The molecule has 0 amide bonds. The SMILES string of the molecule is CCCCCC(C)NC(C)c1cnn(-c2ccccc2)c1. The Bertz CT molecular complexity index is 518. The van der Waals surface area contributed by atoms with Crippen molar-refractivity contribution < 1.29 is 0 Å². The second-order valence-corrected chi connectivity index (χ2v) is 5.84. The van der Waals surface area contributed by atoms with Gasteiger partial charge >= 0.3 is 0 Å². The van der Waals surface area contributed by atoms with Crippen LogP contribution in [0.3, 0.4) is 0 Å². The zero-order chi connectivity index (χ0) is 15.1. The quantitative estimate of drug-likeness (QED) is 0.724. The molecular weight excluding hydrogens is 258 g/mol. The maximum atomic E-state index is 4.47. The average Bonchev–Trinajstić information content (AvgIpc) is 2.98. The Hall–Kier alpha value is -1.61. The largest absolute Gasteiger partial charge is 0.308 e. The van der Waals surface area contributed by atoms with E-state index in [1.807, 2.05) is 29.1 Å². The van der Waals surface area contributed by atoms with Crippen LogP contribution in [-0.4, -0.2) is 15.8 Å². The monoisotopic (exact) mass is 285 g/mol. The highest BCUT2D eigenvalue weighted by Gasteiger charge is 2.11. The molecule has 1 aromatic carbocycles. The lowest BCUT2D eigenvalue weighted by atomic mass is 10.1. The summed E-state index contributed by atoms with van der Waals surface area (Å²) in [4.78, 5) is 0. The lowest BCUT2D eigenvalue weighted by Gasteiger charge is -2.19. The molecule has 0 aliphatic carbocycles. The van der Waals surface area contributed by atoms with Gasteiger partial charge in [-0.25, -0.2) is 4.68 Å². The second-order valence-electron chi connectivity index (χ2n) is 5.84. The van der Waals surface area contributed by atoms with E-state index in [1.165, 1.54) is 31.2 Å². The number of hydrogen-bond donors (Lipinski definition) is 1. The first-order valence-electron chi connectivity index (χ1n) is 8.06. The maximum absolute atomic E-state index is 4.47. The molecule has 2 unspecified atom stereocenters. The predicted octanol–water partition coefficient (Wildman–Crippen LogP) is 4.49. The predicted molar refractivity (Wildman–Crippen MR) is 88.7 cm³/mol. The lowest BCUT2D eigenvalue weighted by Crippen LogP contribution is -2.28. The number of nitrogens with one attached hydrogen (secondary N) is 1. The minimum Gasteiger partial charge on any atom is -0.308 e. The van der Waals surface area contributed by atoms with Crippen molar-refractivity contribution in [3.8, 4) is 5.69 Å². The van der Waals surface area contributed by atoms with Gasteiger partial charge in [-0.15, -0.1) is 0 Å². The number of rotatable bonds is 8. The van der Waals surface area contributed by atoms with Crippen molar-refractivity contribution in [2.24, 2.45) is 0 Å². The molecule has 2 aromatic rings. The van der Waals surface area contributed by atoms with Crippen LogP contribution < -0.4 is 5.32 Å². The third kappa shape index (κ3) is 4.71. The summed E-state index contributed by atoms with van der Waals surface area (Å²) in [6, 6.07) is 11.1. The highest BCUT2D eigenvalue weighted by atomic mass is 15.3. The third-order valence-corrected chi connectivity index (χ3v) is 3.90. The van der Waals surface area contributed by atoms with Crippen molar-refractivity contribution in [2.75, 3.05) is 0 Å². The Kier molecular flexibility index (Phi) is 6.00. The first kappa shape index (κ1) is 15.8. The number of para-hydroxylation sites is 1. The number of hydrogen-bond acceptors (Lipinski definition) is 2. The molecule has 0 radical (unpaired) electrons. The van der Waals surface area contributed by atoms with Crippen LogP contribution in [0.25, 0.3) is 5.69 Å². The summed E-state index contributed by atoms with van der Waals surface area (Å²) < 4.78 is 1.94. The molecule has 114 valence electrons. The van der Waals surface area contributed by atoms with Crippen molar-refractivity contribution in [3.05, 3.63) is 48.3 Å². The zero-order valence-corrected chi connectivity index (χ0v) is 13.4. The number of benzene rings is 1. The van der Waals surface area contributed by atoms with Gasteiger partial charge < -0.3 is 5.32 Å². The van der Waals surface area contributed by atoms with Crippen molar-refractivity contribution >= 4 is 0 Å². The first-order chi connectivity index (χ1) is 10.2. The van der Waals surface area contributed by atoms with Gasteiger partial charge in [0, 0.05) is 23.8 Å². The maximum Gasteiger partial charge on any atom is 0.0645 e. The number of aromatic nitrogens is 2. The molecule has 2 rings (SSSR count). The topological polar surface area (TPSA) is 29.9 Å². The van der Waals surface area contributed by atoms with Gasteiger partial charge in [0.05, 0.1) is 11.9 Å². The molecule has 1 aromatic heterocycles. The fourth-order valence-electron chi connectivity index (χ4n) is 2.59. The highest BCUT2D eigenvalue weighted by molar-refractivity contribution is 5.31. The minimum absolute atomic E-state index is 0.332. The summed E-state index contributed by atoms with van der Waals surface area (Å²) in [6.07, 6.45) is 9.24. The van der Waals surface area contributed by atoms with Gasteiger partial charge in [0.25, 0.3) is 0 Å². The van der Waals surface area contributed by atoms with E-state index in [0.29, 0.717) is 12.1 Å². The molecule has 0 bridgehead atoms. The molecule has 0 aliphatic rings. The van der Waals surface area contributed by atoms with E-state index in [0.717, 1.165) is 5.69 Å². The molecule has 0 spiro atoms. The van der Waals surface area contributed by atoms with Gasteiger partial charge in [0.1, 0.15) is 0 Å². The van der Waals surface area contributed by atoms with E-state index < -0.39 is 0 Å². The Morgan fingerprint density at radius 2 is 1.90 bits per heavy atom. The van der Waals surface area contributed by atoms with Crippen LogP contribution in [0.2, 0.25) is 0 Å². The van der Waals surface area contributed by atoms with Crippen molar-refractivity contribution in [2.45, 2.75) is 58.5 Å². The van der Waals surface area contributed by atoms with Gasteiger partial charge in [-0.1, -0.05) is 44.4 Å². The Morgan fingerprint density at radius 3 is 2.62 bits per heavy atom. The van der Waals surface area contributed by atoms with Crippen molar-refractivity contribution in [1.82, 2.24) is 15.1 Å². The molecule has 0 fully saturated rings. The normalized spacial score (nSPS) is 14.0. The van der Waals surface area contributed by atoms with Gasteiger partial charge in [0.15, 0.2) is 0 Å².